The number of phenols is 2. The summed E-state index contributed by atoms with van der Waals surface area (Å²) in [5.41, 5.74) is 9.36. The molecule has 2 aromatic rings. The van der Waals surface area contributed by atoms with Crippen molar-refractivity contribution in [2.75, 3.05) is 5.32 Å². The number of hydrogen-bond donors (Lipinski definition) is 6. The molecular formula is C21H24N4O3. The van der Waals surface area contributed by atoms with Gasteiger partial charge in [0.25, 0.3) is 5.91 Å². The third-order valence-electron chi connectivity index (χ3n) is 5.54. The number of benzene rings is 2. The molecule has 1 saturated heterocycles. The fourth-order valence-corrected chi connectivity index (χ4v) is 4.21. The molecule has 0 spiro atoms. The topological polar surface area (TPSA) is 106 Å². The number of anilines is 1. The van der Waals surface area contributed by atoms with E-state index in [2.05, 4.69) is 28.4 Å². The Bertz CT molecular complexity index is 929. The molecule has 146 valence electrons. The number of hydrazine groups is 1. The molecule has 4 rings (SSSR count). The van der Waals surface area contributed by atoms with E-state index in [0.29, 0.717) is 5.57 Å². The molecule has 1 fully saturated rings. The third-order valence-corrected chi connectivity index (χ3v) is 5.54. The number of aromatic hydroxyl groups is 2. The van der Waals surface area contributed by atoms with E-state index < -0.39 is 0 Å². The molecule has 2 aliphatic rings. The van der Waals surface area contributed by atoms with E-state index in [4.69, 9.17) is 0 Å². The van der Waals surface area contributed by atoms with Gasteiger partial charge in [0.2, 0.25) is 0 Å². The molecule has 2 aromatic carbocycles. The maximum Gasteiger partial charge on any atom is 0.253 e. The molecule has 6 N–H and O–H groups in total. The maximum absolute atomic E-state index is 13.2. The zero-order chi connectivity index (χ0) is 19.8. The Morgan fingerprint density at radius 1 is 1.04 bits per heavy atom. The predicted molar refractivity (Wildman–Crippen MR) is 106 cm³/mol. The maximum atomic E-state index is 13.2. The Morgan fingerprint density at radius 2 is 1.79 bits per heavy atom. The molecule has 2 heterocycles. The van der Waals surface area contributed by atoms with E-state index in [1.807, 2.05) is 37.3 Å². The van der Waals surface area contributed by atoms with Crippen molar-refractivity contribution in [2.45, 2.75) is 32.0 Å². The summed E-state index contributed by atoms with van der Waals surface area (Å²) in [6, 6.07) is 14.2. The third kappa shape index (κ3) is 3.19. The van der Waals surface area contributed by atoms with Crippen LogP contribution in [0.5, 0.6) is 11.5 Å². The van der Waals surface area contributed by atoms with Gasteiger partial charge in [-0.3, -0.25) is 10.2 Å². The second-order valence-corrected chi connectivity index (χ2v) is 7.36. The summed E-state index contributed by atoms with van der Waals surface area (Å²) in [7, 11) is 0. The summed E-state index contributed by atoms with van der Waals surface area (Å²) in [5.74, 6) is -0.796. The van der Waals surface area contributed by atoms with E-state index in [-0.39, 0.29) is 41.4 Å². The molecule has 0 aliphatic carbocycles. The minimum Gasteiger partial charge on any atom is -0.504 e. The predicted octanol–water partition coefficient (Wildman–Crippen LogP) is 2.14. The lowest BCUT2D eigenvalue weighted by atomic mass is 9.73. The van der Waals surface area contributed by atoms with E-state index in [1.54, 1.807) is 6.07 Å². The lowest BCUT2D eigenvalue weighted by molar-refractivity contribution is -0.113. The molecule has 2 aliphatic heterocycles. The molecule has 4 atom stereocenters. The molecule has 0 aromatic heterocycles. The number of hydrogen-bond acceptors (Lipinski definition) is 6. The SMILES string of the molecule is CC1=C(C(=O)Nc2ccccc2)C(c2ccc(O)c(O)c2)C2C(C)NNC2N1. The number of allylic oxidation sites excluding steroid dienone is 1. The lowest BCUT2D eigenvalue weighted by Crippen LogP contribution is -2.49. The van der Waals surface area contributed by atoms with Crippen LogP contribution in [0.4, 0.5) is 5.69 Å². The minimum absolute atomic E-state index is 0.0316. The van der Waals surface area contributed by atoms with Crippen molar-refractivity contribution in [1.82, 2.24) is 16.2 Å². The number of carbonyl (C=O) groups excluding carboxylic acids is 1. The van der Waals surface area contributed by atoms with Crippen molar-refractivity contribution in [1.29, 1.82) is 0 Å². The van der Waals surface area contributed by atoms with Crippen molar-refractivity contribution in [3.63, 3.8) is 0 Å². The van der Waals surface area contributed by atoms with Gasteiger partial charge in [0.05, 0.1) is 6.17 Å². The first-order valence-electron chi connectivity index (χ1n) is 9.32. The van der Waals surface area contributed by atoms with Crippen LogP contribution in [-0.4, -0.2) is 28.3 Å². The van der Waals surface area contributed by atoms with Gasteiger partial charge in [0.15, 0.2) is 11.5 Å². The Kier molecular flexibility index (Phi) is 4.70. The number of amides is 1. The van der Waals surface area contributed by atoms with Crippen molar-refractivity contribution >= 4 is 11.6 Å². The Morgan fingerprint density at radius 3 is 2.50 bits per heavy atom. The molecule has 0 radical (unpaired) electrons. The van der Waals surface area contributed by atoms with Crippen molar-refractivity contribution in [3.8, 4) is 11.5 Å². The van der Waals surface area contributed by atoms with Gasteiger partial charge in [-0.05, 0) is 43.7 Å². The number of carbonyl (C=O) groups is 1. The Labute approximate surface area is 163 Å². The zero-order valence-electron chi connectivity index (χ0n) is 15.7. The van der Waals surface area contributed by atoms with Crippen LogP contribution in [-0.2, 0) is 4.79 Å². The average Bonchev–Trinajstić information content (AvgIpc) is 3.04. The number of phenolic OH excluding ortho intramolecular Hbond substituents is 2. The van der Waals surface area contributed by atoms with E-state index in [1.165, 1.54) is 12.1 Å². The molecule has 1 amide bonds. The molecule has 0 saturated carbocycles. The van der Waals surface area contributed by atoms with Crippen LogP contribution in [0.15, 0.2) is 59.8 Å². The fraction of sp³-hybridized carbons (Fsp3) is 0.286. The molecule has 4 unspecified atom stereocenters. The average molecular weight is 380 g/mol. The van der Waals surface area contributed by atoms with Crippen LogP contribution in [0.2, 0.25) is 0 Å². The Hall–Kier alpha value is -3.03. The van der Waals surface area contributed by atoms with Crippen molar-refractivity contribution < 1.29 is 15.0 Å². The van der Waals surface area contributed by atoms with Gasteiger partial charge in [-0.1, -0.05) is 24.3 Å². The zero-order valence-corrected chi connectivity index (χ0v) is 15.7. The fourth-order valence-electron chi connectivity index (χ4n) is 4.21. The van der Waals surface area contributed by atoms with Crippen LogP contribution in [0.1, 0.15) is 25.3 Å². The largest absolute Gasteiger partial charge is 0.504 e. The highest BCUT2D eigenvalue weighted by Gasteiger charge is 2.46. The number of para-hydroxylation sites is 1. The number of fused-ring (bicyclic) bond motifs is 1. The van der Waals surface area contributed by atoms with Crippen LogP contribution in [0.3, 0.4) is 0 Å². The first kappa shape index (κ1) is 18.3. The summed E-state index contributed by atoms with van der Waals surface area (Å²) in [4.78, 5) is 13.2. The van der Waals surface area contributed by atoms with Gasteiger partial charge in [0.1, 0.15) is 0 Å². The van der Waals surface area contributed by atoms with Crippen LogP contribution in [0.25, 0.3) is 0 Å². The number of nitrogens with one attached hydrogen (secondary N) is 4. The van der Waals surface area contributed by atoms with E-state index in [0.717, 1.165) is 16.9 Å². The molecule has 28 heavy (non-hydrogen) atoms. The van der Waals surface area contributed by atoms with Crippen molar-refractivity contribution in [3.05, 3.63) is 65.4 Å². The van der Waals surface area contributed by atoms with Crippen molar-refractivity contribution in [2.24, 2.45) is 5.92 Å². The lowest BCUT2D eigenvalue weighted by Gasteiger charge is -2.38. The Balaban J connectivity index is 1.77. The van der Waals surface area contributed by atoms with Crippen LogP contribution < -0.4 is 21.5 Å². The molecule has 7 nitrogen and oxygen atoms in total. The summed E-state index contributed by atoms with van der Waals surface area (Å²) in [6.45, 7) is 3.94. The van der Waals surface area contributed by atoms with Gasteiger partial charge in [-0.15, -0.1) is 0 Å². The van der Waals surface area contributed by atoms with Gasteiger partial charge in [-0.2, -0.15) is 0 Å². The van der Waals surface area contributed by atoms with Gasteiger partial charge >= 0.3 is 0 Å². The minimum atomic E-state index is -0.265. The first-order chi connectivity index (χ1) is 13.5. The molecular weight excluding hydrogens is 356 g/mol. The van der Waals surface area contributed by atoms with Gasteiger partial charge in [-0.25, -0.2) is 5.43 Å². The van der Waals surface area contributed by atoms with Crippen LogP contribution >= 0.6 is 0 Å². The second kappa shape index (κ2) is 7.18. The molecule has 0 bridgehead atoms. The summed E-state index contributed by atoms with van der Waals surface area (Å²) < 4.78 is 0. The quantitative estimate of drug-likeness (QED) is 0.456. The monoisotopic (exact) mass is 380 g/mol. The standard InChI is InChI=1S/C21H24N4O3/c1-11-18(21(28)23-14-6-4-3-5-7-14)19(13-8-9-15(26)16(27)10-13)17-12(2)24-25-20(17)22-11/h3-10,12,17,19-20,22,24-27H,1-2H3,(H,23,28). The van der Waals surface area contributed by atoms with E-state index in [9.17, 15) is 15.0 Å². The first-order valence-corrected chi connectivity index (χ1v) is 9.32. The highest BCUT2D eigenvalue weighted by atomic mass is 16.3. The summed E-state index contributed by atoms with van der Waals surface area (Å²) in [5, 5.41) is 26.1. The molecule has 7 heteroatoms. The van der Waals surface area contributed by atoms with Gasteiger partial charge < -0.3 is 20.8 Å². The van der Waals surface area contributed by atoms with Gasteiger partial charge in [0, 0.05) is 34.8 Å². The number of rotatable bonds is 3. The van der Waals surface area contributed by atoms with E-state index >= 15 is 0 Å². The smallest absolute Gasteiger partial charge is 0.253 e. The summed E-state index contributed by atoms with van der Waals surface area (Å²) >= 11 is 0. The summed E-state index contributed by atoms with van der Waals surface area (Å²) in [6.07, 6.45) is -0.0516. The second-order valence-electron chi connectivity index (χ2n) is 7.36. The van der Waals surface area contributed by atoms with Crippen LogP contribution in [0, 0.1) is 5.92 Å². The highest BCUT2D eigenvalue weighted by Crippen LogP contribution is 2.43. The highest BCUT2D eigenvalue weighted by molar-refractivity contribution is 6.05. The normalized spacial score (nSPS) is 26.5.